The molecule has 1 aliphatic carbocycles. The zero-order valence-electron chi connectivity index (χ0n) is 11.2. The van der Waals surface area contributed by atoms with Crippen molar-refractivity contribution in [1.29, 1.82) is 0 Å². The number of hydrogen-bond acceptors (Lipinski definition) is 5. The van der Waals surface area contributed by atoms with E-state index in [0.29, 0.717) is 13.2 Å². The number of hydrazone groups is 1. The number of rotatable bonds is 6. The van der Waals surface area contributed by atoms with Crippen LogP contribution in [0.3, 0.4) is 0 Å². The van der Waals surface area contributed by atoms with E-state index >= 15 is 0 Å². The van der Waals surface area contributed by atoms with Gasteiger partial charge in [0.25, 0.3) is 0 Å². The lowest BCUT2D eigenvalue weighted by Crippen LogP contribution is -2.16. The lowest BCUT2D eigenvalue weighted by atomic mass is 9.97. The fourth-order valence-corrected chi connectivity index (χ4v) is 4.83. The fraction of sp³-hybridized carbons (Fsp3) is 0.583. The van der Waals surface area contributed by atoms with Crippen LogP contribution >= 0.6 is 18.0 Å². The Morgan fingerprint density at radius 1 is 1.37 bits per heavy atom. The van der Waals surface area contributed by atoms with Gasteiger partial charge in [0.15, 0.2) is 0 Å². The highest BCUT2D eigenvalue weighted by atomic mass is 32.5. The highest BCUT2D eigenvalue weighted by molar-refractivity contribution is 8.08. The van der Waals surface area contributed by atoms with Gasteiger partial charge in [-0.15, -0.1) is 11.3 Å². The van der Waals surface area contributed by atoms with E-state index in [-0.39, 0.29) is 0 Å². The first-order chi connectivity index (χ1) is 9.18. The Kier molecular flexibility index (Phi) is 5.54. The molecular formula is C12H19N2O2PS2. The van der Waals surface area contributed by atoms with Gasteiger partial charge < -0.3 is 9.05 Å². The summed E-state index contributed by atoms with van der Waals surface area (Å²) in [4.78, 5) is 1.41. The number of thiophene rings is 1. The molecule has 0 unspecified atom stereocenters. The molecule has 0 radical (unpaired) electrons. The first kappa shape index (κ1) is 15.1. The van der Waals surface area contributed by atoms with E-state index in [2.05, 4.69) is 21.7 Å². The van der Waals surface area contributed by atoms with E-state index in [1.54, 1.807) is 11.3 Å². The predicted octanol–water partition coefficient (Wildman–Crippen LogP) is 3.68. The third-order valence-electron chi connectivity index (χ3n) is 2.78. The van der Waals surface area contributed by atoms with Crippen molar-refractivity contribution in [3.05, 3.63) is 21.9 Å². The van der Waals surface area contributed by atoms with Gasteiger partial charge in [0.1, 0.15) is 0 Å². The Morgan fingerprint density at radius 2 is 2.11 bits per heavy atom. The third kappa shape index (κ3) is 3.86. The molecular weight excluding hydrogens is 299 g/mol. The number of aryl methyl sites for hydroxylation is 1. The largest absolute Gasteiger partial charge is 0.313 e. The van der Waals surface area contributed by atoms with Crippen LogP contribution in [0.5, 0.6) is 0 Å². The smallest absolute Gasteiger partial charge is 0.303 e. The van der Waals surface area contributed by atoms with Crippen LogP contribution in [0.4, 0.5) is 0 Å². The van der Waals surface area contributed by atoms with Gasteiger partial charge in [-0.1, -0.05) is 0 Å². The maximum absolute atomic E-state index is 5.52. The average molecular weight is 318 g/mol. The first-order valence-electron chi connectivity index (χ1n) is 6.48. The van der Waals surface area contributed by atoms with E-state index in [4.69, 9.17) is 20.9 Å². The van der Waals surface area contributed by atoms with Crippen molar-refractivity contribution >= 4 is 35.5 Å². The van der Waals surface area contributed by atoms with Crippen LogP contribution in [0.1, 0.15) is 37.1 Å². The zero-order chi connectivity index (χ0) is 13.7. The molecule has 0 aromatic carbocycles. The minimum atomic E-state index is -2.48. The standard InChI is InChI=1S/C12H19N2O2PS2/c1-3-15-17(18,16-4-2)14-13-11-6-5-7-12-10(11)8-9-19-12/h8-9H,3-7H2,1-2H3,(H,14,18). The lowest BCUT2D eigenvalue weighted by molar-refractivity contribution is 0.259. The number of nitrogens with zero attached hydrogens (tertiary/aromatic N) is 1. The molecule has 19 heavy (non-hydrogen) atoms. The van der Waals surface area contributed by atoms with E-state index in [1.165, 1.54) is 10.4 Å². The summed E-state index contributed by atoms with van der Waals surface area (Å²) in [6.07, 6.45) is 3.27. The van der Waals surface area contributed by atoms with Crippen molar-refractivity contribution in [2.24, 2.45) is 5.10 Å². The molecule has 0 spiro atoms. The molecule has 7 heteroatoms. The van der Waals surface area contributed by atoms with Crippen LogP contribution in [0, 0.1) is 0 Å². The van der Waals surface area contributed by atoms with Crippen molar-refractivity contribution < 1.29 is 9.05 Å². The molecule has 1 heterocycles. The summed E-state index contributed by atoms with van der Waals surface area (Å²) in [5, 5.41) is 9.56. The summed E-state index contributed by atoms with van der Waals surface area (Å²) in [6.45, 7) is 2.39. The van der Waals surface area contributed by atoms with E-state index in [1.807, 2.05) is 13.8 Å². The van der Waals surface area contributed by atoms with Gasteiger partial charge in [-0.05, 0) is 56.4 Å². The van der Waals surface area contributed by atoms with Crippen molar-refractivity contribution in [1.82, 2.24) is 5.20 Å². The normalized spacial score (nSPS) is 17.5. The number of fused-ring (bicyclic) bond motifs is 1. The summed E-state index contributed by atoms with van der Waals surface area (Å²) in [5.74, 6) is 0. The third-order valence-corrected chi connectivity index (χ3v) is 6.18. The molecule has 0 saturated heterocycles. The van der Waals surface area contributed by atoms with Gasteiger partial charge >= 0.3 is 6.64 Å². The summed E-state index contributed by atoms with van der Waals surface area (Å²) in [7, 11) is 0. The van der Waals surface area contributed by atoms with Gasteiger partial charge in [0.05, 0.1) is 18.9 Å². The summed E-state index contributed by atoms with van der Waals surface area (Å²) in [5.41, 5.74) is 2.31. The number of nitrogens with one attached hydrogen (secondary N) is 1. The second-order valence-electron chi connectivity index (χ2n) is 4.10. The van der Waals surface area contributed by atoms with E-state index in [0.717, 1.165) is 25.0 Å². The lowest BCUT2D eigenvalue weighted by Gasteiger charge is -2.21. The topological polar surface area (TPSA) is 42.8 Å². The fourth-order valence-electron chi connectivity index (χ4n) is 2.02. The van der Waals surface area contributed by atoms with Crippen molar-refractivity contribution in [2.45, 2.75) is 33.1 Å². The number of hydrogen-bond donors (Lipinski definition) is 1. The Hall–Kier alpha value is -0.260. The summed E-state index contributed by atoms with van der Waals surface area (Å²) < 4.78 is 11.0. The molecule has 106 valence electrons. The molecule has 0 atom stereocenters. The van der Waals surface area contributed by atoms with Crippen LogP contribution in [-0.2, 0) is 27.3 Å². The molecule has 4 nitrogen and oxygen atoms in total. The minimum Gasteiger partial charge on any atom is -0.313 e. The first-order valence-corrected chi connectivity index (χ1v) is 10.00. The van der Waals surface area contributed by atoms with Gasteiger partial charge in [0.2, 0.25) is 0 Å². The average Bonchev–Trinajstić information content (AvgIpc) is 2.85. The van der Waals surface area contributed by atoms with Gasteiger partial charge in [-0.3, -0.25) is 0 Å². The maximum Gasteiger partial charge on any atom is 0.303 e. The molecule has 0 aliphatic heterocycles. The summed E-state index contributed by atoms with van der Waals surface area (Å²) >= 11 is 7.19. The molecule has 0 saturated carbocycles. The molecule has 0 fully saturated rings. The second kappa shape index (κ2) is 6.95. The van der Waals surface area contributed by atoms with E-state index < -0.39 is 6.64 Å². The van der Waals surface area contributed by atoms with Gasteiger partial charge in [-0.2, -0.15) is 5.10 Å². The highest BCUT2D eigenvalue weighted by Crippen LogP contribution is 2.44. The molecule has 2 rings (SSSR count). The van der Waals surface area contributed by atoms with Crippen LogP contribution < -0.4 is 5.20 Å². The Bertz CT molecular complexity index is 492. The Labute approximate surface area is 123 Å². The second-order valence-corrected chi connectivity index (χ2v) is 8.26. The van der Waals surface area contributed by atoms with Crippen molar-refractivity contribution in [2.75, 3.05) is 13.2 Å². The van der Waals surface area contributed by atoms with Gasteiger partial charge in [0, 0.05) is 10.4 Å². The van der Waals surface area contributed by atoms with Crippen LogP contribution in [0.15, 0.2) is 16.5 Å². The summed E-state index contributed by atoms with van der Waals surface area (Å²) in [6, 6.07) is 2.13. The van der Waals surface area contributed by atoms with E-state index in [9.17, 15) is 0 Å². The van der Waals surface area contributed by atoms with Crippen LogP contribution in [-0.4, -0.2) is 18.9 Å². The molecule has 1 aromatic rings. The highest BCUT2D eigenvalue weighted by Gasteiger charge is 2.20. The zero-order valence-corrected chi connectivity index (χ0v) is 13.7. The molecule has 0 bridgehead atoms. The van der Waals surface area contributed by atoms with Crippen molar-refractivity contribution in [3.63, 3.8) is 0 Å². The quantitative estimate of drug-likeness (QED) is 0.642. The Balaban J connectivity index is 2.12. The van der Waals surface area contributed by atoms with Crippen LogP contribution in [0.25, 0.3) is 0 Å². The maximum atomic E-state index is 5.52. The molecule has 1 aromatic heterocycles. The van der Waals surface area contributed by atoms with Crippen molar-refractivity contribution in [3.8, 4) is 0 Å². The van der Waals surface area contributed by atoms with Gasteiger partial charge in [-0.25, -0.2) is 5.20 Å². The minimum absolute atomic E-state index is 0.527. The predicted molar refractivity (Wildman–Crippen MR) is 84.5 cm³/mol. The molecule has 1 N–H and O–H groups in total. The molecule has 1 aliphatic rings. The van der Waals surface area contributed by atoms with Crippen LogP contribution in [0.2, 0.25) is 0 Å². The monoisotopic (exact) mass is 318 g/mol. The Morgan fingerprint density at radius 3 is 2.79 bits per heavy atom. The molecule has 0 amide bonds. The SMILES string of the molecule is CCOP(=S)(NN=C1CCCc2sccc21)OCC.